The Bertz CT molecular complexity index is 1350. The summed E-state index contributed by atoms with van der Waals surface area (Å²) < 4.78 is 1.88. The van der Waals surface area contributed by atoms with E-state index in [1.165, 1.54) is 16.9 Å². The molecule has 0 aliphatic rings. The number of rotatable bonds is 4. The van der Waals surface area contributed by atoms with Gasteiger partial charge in [-0.25, -0.2) is 4.52 Å². The van der Waals surface area contributed by atoms with Crippen molar-refractivity contribution in [3.05, 3.63) is 90.0 Å². The molecular formula is C24H19N5S. The lowest BCUT2D eigenvalue weighted by molar-refractivity contribution is 0.987. The standard InChI is InChI=1S/C24H19N5S/c1-16-12-14-19(15-13-16)22-25-24-29(28-22)21(18-9-4-3-5-10-18)23(30-24)27-26-20-11-7-6-8-17(20)2/h3-15H,1-2H3. The second-order valence-corrected chi connectivity index (χ2v) is 8.06. The van der Waals surface area contributed by atoms with Crippen LogP contribution in [-0.4, -0.2) is 14.6 Å². The highest BCUT2D eigenvalue weighted by atomic mass is 32.1. The van der Waals surface area contributed by atoms with Crippen LogP contribution in [0.25, 0.3) is 27.6 Å². The number of aromatic nitrogens is 3. The van der Waals surface area contributed by atoms with Crippen LogP contribution in [0.2, 0.25) is 0 Å². The van der Waals surface area contributed by atoms with Crippen molar-refractivity contribution in [2.24, 2.45) is 10.2 Å². The summed E-state index contributed by atoms with van der Waals surface area (Å²) in [4.78, 5) is 5.56. The molecule has 0 amide bonds. The molecule has 0 atom stereocenters. The van der Waals surface area contributed by atoms with Crippen LogP contribution in [0.5, 0.6) is 0 Å². The number of fused-ring (bicyclic) bond motifs is 1. The van der Waals surface area contributed by atoms with Gasteiger partial charge in [-0.3, -0.25) is 0 Å². The Labute approximate surface area is 178 Å². The molecule has 146 valence electrons. The number of azo groups is 1. The molecule has 0 bridgehead atoms. The Balaban J connectivity index is 1.64. The molecule has 0 N–H and O–H groups in total. The summed E-state index contributed by atoms with van der Waals surface area (Å²) in [6, 6.07) is 26.4. The zero-order valence-corrected chi connectivity index (χ0v) is 17.5. The van der Waals surface area contributed by atoms with Crippen molar-refractivity contribution < 1.29 is 0 Å². The van der Waals surface area contributed by atoms with E-state index in [4.69, 9.17) is 10.1 Å². The van der Waals surface area contributed by atoms with Crippen LogP contribution < -0.4 is 0 Å². The Hall–Kier alpha value is -3.64. The molecule has 0 fully saturated rings. The lowest BCUT2D eigenvalue weighted by Gasteiger charge is -2.01. The number of benzene rings is 3. The highest BCUT2D eigenvalue weighted by Gasteiger charge is 2.19. The Morgan fingerprint density at radius 2 is 1.50 bits per heavy atom. The van der Waals surface area contributed by atoms with Crippen LogP contribution in [0.1, 0.15) is 11.1 Å². The van der Waals surface area contributed by atoms with E-state index < -0.39 is 0 Å². The monoisotopic (exact) mass is 409 g/mol. The van der Waals surface area contributed by atoms with Gasteiger partial charge in [-0.1, -0.05) is 89.7 Å². The van der Waals surface area contributed by atoms with Crippen LogP contribution >= 0.6 is 11.3 Å². The molecule has 0 unspecified atom stereocenters. The molecule has 0 spiro atoms. The molecule has 2 aromatic heterocycles. The quantitative estimate of drug-likeness (QED) is 0.296. The molecule has 0 saturated heterocycles. The molecule has 2 heterocycles. The number of thiazole rings is 1. The van der Waals surface area contributed by atoms with E-state index in [1.807, 2.05) is 53.9 Å². The van der Waals surface area contributed by atoms with Gasteiger partial charge in [0.2, 0.25) is 4.96 Å². The van der Waals surface area contributed by atoms with E-state index >= 15 is 0 Å². The summed E-state index contributed by atoms with van der Waals surface area (Å²) in [6.45, 7) is 4.10. The molecule has 5 rings (SSSR count). The van der Waals surface area contributed by atoms with Crippen molar-refractivity contribution in [2.75, 3.05) is 0 Å². The van der Waals surface area contributed by atoms with Gasteiger partial charge in [-0.05, 0) is 25.5 Å². The Morgan fingerprint density at radius 1 is 0.767 bits per heavy atom. The van der Waals surface area contributed by atoms with Gasteiger partial charge in [0, 0.05) is 11.1 Å². The normalized spacial score (nSPS) is 11.5. The predicted octanol–water partition coefficient (Wildman–Crippen LogP) is 7.16. The zero-order valence-electron chi connectivity index (χ0n) is 16.6. The zero-order chi connectivity index (χ0) is 20.5. The van der Waals surface area contributed by atoms with E-state index in [2.05, 4.69) is 53.6 Å². The average molecular weight is 410 g/mol. The molecule has 5 aromatic rings. The smallest absolute Gasteiger partial charge is 0.200 e. The minimum absolute atomic E-state index is 0.709. The maximum absolute atomic E-state index is 4.80. The summed E-state index contributed by atoms with van der Waals surface area (Å²) in [5.41, 5.74) is 6.09. The van der Waals surface area contributed by atoms with Crippen molar-refractivity contribution in [3.8, 4) is 22.6 Å². The van der Waals surface area contributed by atoms with E-state index in [0.29, 0.717) is 5.82 Å². The average Bonchev–Trinajstić information content (AvgIpc) is 3.32. The fraction of sp³-hybridized carbons (Fsp3) is 0.0833. The second-order valence-electron chi connectivity index (χ2n) is 7.10. The van der Waals surface area contributed by atoms with Crippen LogP contribution in [0.4, 0.5) is 10.7 Å². The lowest BCUT2D eigenvalue weighted by Crippen LogP contribution is -1.89. The van der Waals surface area contributed by atoms with Gasteiger partial charge in [0.05, 0.1) is 5.69 Å². The molecule has 5 nitrogen and oxygen atoms in total. The Kier molecular flexibility index (Phi) is 4.69. The summed E-state index contributed by atoms with van der Waals surface area (Å²) >= 11 is 1.49. The van der Waals surface area contributed by atoms with Crippen LogP contribution in [0.15, 0.2) is 89.1 Å². The molecule has 3 aromatic carbocycles. The molecule has 6 heteroatoms. The van der Waals surface area contributed by atoms with Crippen molar-refractivity contribution in [2.45, 2.75) is 13.8 Å². The number of nitrogens with zero attached hydrogens (tertiary/aromatic N) is 5. The summed E-state index contributed by atoms with van der Waals surface area (Å²) in [5.74, 6) is 0.709. The first-order chi connectivity index (χ1) is 14.7. The molecule has 0 aliphatic carbocycles. The lowest BCUT2D eigenvalue weighted by atomic mass is 10.1. The van der Waals surface area contributed by atoms with Crippen LogP contribution in [0.3, 0.4) is 0 Å². The maximum atomic E-state index is 4.80. The van der Waals surface area contributed by atoms with Gasteiger partial charge >= 0.3 is 0 Å². The third kappa shape index (κ3) is 3.42. The van der Waals surface area contributed by atoms with Crippen LogP contribution in [-0.2, 0) is 0 Å². The van der Waals surface area contributed by atoms with Crippen molar-refractivity contribution in [3.63, 3.8) is 0 Å². The highest BCUT2D eigenvalue weighted by Crippen LogP contribution is 2.39. The molecule has 30 heavy (non-hydrogen) atoms. The molecule has 0 aliphatic heterocycles. The van der Waals surface area contributed by atoms with Gasteiger partial charge in [-0.15, -0.1) is 15.3 Å². The minimum Gasteiger partial charge on any atom is -0.200 e. The van der Waals surface area contributed by atoms with E-state index in [1.54, 1.807) is 0 Å². The first kappa shape index (κ1) is 18.4. The van der Waals surface area contributed by atoms with Crippen molar-refractivity contribution in [1.29, 1.82) is 0 Å². The first-order valence-corrected chi connectivity index (χ1v) is 10.5. The van der Waals surface area contributed by atoms with Gasteiger partial charge in [-0.2, -0.15) is 4.98 Å². The second kappa shape index (κ2) is 7.65. The minimum atomic E-state index is 0.709. The molecule has 0 radical (unpaired) electrons. The van der Waals surface area contributed by atoms with Gasteiger partial charge < -0.3 is 0 Å². The highest BCUT2D eigenvalue weighted by molar-refractivity contribution is 7.21. The van der Waals surface area contributed by atoms with Gasteiger partial charge in [0.25, 0.3) is 0 Å². The summed E-state index contributed by atoms with van der Waals surface area (Å²) in [5, 5.41) is 14.7. The molecule has 0 saturated carbocycles. The third-order valence-electron chi connectivity index (χ3n) is 4.90. The molecular weight excluding hydrogens is 390 g/mol. The van der Waals surface area contributed by atoms with Crippen LogP contribution in [0, 0.1) is 13.8 Å². The largest absolute Gasteiger partial charge is 0.215 e. The first-order valence-electron chi connectivity index (χ1n) is 9.68. The SMILES string of the molecule is Cc1ccc(-c2nc3sc(N=Nc4ccccc4C)c(-c4ccccc4)n3n2)cc1. The number of aryl methyl sites for hydroxylation is 2. The third-order valence-corrected chi connectivity index (χ3v) is 5.82. The number of hydrogen-bond donors (Lipinski definition) is 0. The fourth-order valence-electron chi connectivity index (χ4n) is 3.24. The predicted molar refractivity (Wildman–Crippen MR) is 122 cm³/mol. The van der Waals surface area contributed by atoms with E-state index in [0.717, 1.165) is 38.0 Å². The fourth-order valence-corrected chi connectivity index (χ4v) is 4.15. The topological polar surface area (TPSA) is 54.9 Å². The number of hydrogen-bond acceptors (Lipinski definition) is 5. The van der Waals surface area contributed by atoms with Crippen molar-refractivity contribution >= 4 is 27.0 Å². The van der Waals surface area contributed by atoms with Gasteiger partial charge in [0.15, 0.2) is 10.8 Å². The Morgan fingerprint density at radius 3 is 2.27 bits per heavy atom. The van der Waals surface area contributed by atoms with E-state index in [-0.39, 0.29) is 0 Å². The maximum Gasteiger partial charge on any atom is 0.215 e. The van der Waals surface area contributed by atoms with E-state index in [9.17, 15) is 0 Å². The summed E-state index contributed by atoms with van der Waals surface area (Å²) in [7, 11) is 0. The van der Waals surface area contributed by atoms with Gasteiger partial charge in [0.1, 0.15) is 5.69 Å². The van der Waals surface area contributed by atoms with Crippen molar-refractivity contribution in [1.82, 2.24) is 14.6 Å². The summed E-state index contributed by atoms with van der Waals surface area (Å²) in [6.07, 6.45) is 0.